The van der Waals surface area contributed by atoms with Crippen LogP contribution in [0.1, 0.15) is 31.9 Å². The first-order valence-corrected chi connectivity index (χ1v) is 5.46. The van der Waals surface area contributed by atoms with Gasteiger partial charge < -0.3 is 0 Å². The van der Waals surface area contributed by atoms with E-state index in [0.717, 1.165) is 13.0 Å². The second-order valence-electron chi connectivity index (χ2n) is 3.59. The van der Waals surface area contributed by atoms with Gasteiger partial charge in [0.15, 0.2) is 11.9 Å². The summed E-state index contributed by atoms with van der Waals surface area (Å²) in [5, 5.41) is 0. The molecule has 0 aliphatic heterocycles. The first-order chi connectivity index (χ1) is 6.88. The van der Waals surface area contributed by atoms with Crippen molar-refractivity contribution in [1.29, 1.82) is 0 Å². The van der Waals surface area contributed by atoms with Gasteiger partial charge in [-0.25, -0.2) is 4.57 Å². The third kappa shape index (κ3) is 3.33. The molecule has 76 valence electrons. The van der Waals surface area contributed by atoms with Crippen LogP contribution in [0.3, 0.4) is 0 Å². The number of aromatic nitrogens is 1. The van der Waals surface area contributed by atoms with Gasteiger partial charge in [0, 0.05) is 18.6 Å². The van der Waals surface area contributed by atoms with Crippen LogP contribution in [0.15, 0.2) is 37.1 Å². The van der Waals surface area contributed by atoms with Gasteiger partial charge in [-0.15, -0.1) is 6.58 Å². The van der Waals surface area contributed by atoms with Gasteiger partial charge >= 0.3 is 0 Å². The SMILES string of the molecule is C=CCc1cccc[n+]1CCCCC. The molecule has 1 rings (SSSR count). The molecule has 0 atom stereocenters. The monoisotopic (exact) mass is 190 g/mol. The zero-order valence-corrected chi connectivity index (χ0v) is 9.08. The van der Waals surface area contributed by atoms with Gasteiger partial charge in [0.25, 0.3) is 0 Å². The Kier molecular flexibility index (Phi) is 4.98. The zero-order chi connectivity index (χ0) is 10.2. The number of pyridine rings is 1. The van der Waals surface area contributed by atoms with E-state index in [9.17, 15) is 0 Å². The van der Waals surface area contributed by atoms with Crippen molar-refractivity contribution < 1.29 is 4.57 Å². The lowest BCUT2D eigenvalue weighted by Gasteiger charge is -2.01. The first-order valence-electron chi connectivity index (χ1n) is 5.46. The molecule has 0 aliphatic rings. The highest BCUT2D eigenvalue weighted by Gasteiger charge is 2.06. The smallest absolute Gasteiger partial charge is 0.185 e. The Morgan fingerprint density at radius 3 is 2.93 bits per heavy atom. The average Bonchev–Trinajstić information content (AvgIpc) is 2.21. The predicted molar refractivity (Wildman–Crippen MR) is 60.1 cm³/mol. The molecule has 1 nitrogen and oxygen atoms in total. The maximum Gasteiger partial charge on any atom is 0.185 e. The number of hydrogen-bond acceptors (Lipinski definition) is 0. The van der Waals surface area contributed by atoms with Crippen LogP contribution in [0.5, 0.6) is 0 Å². The Bertz CT molecular complexity index is 278. The number of hydrogen-bond donors (Lipinski definition) is 0. The van der Waals surface area contributed by atoms with Crippen LogP contribution in [-0.2, 0) is 13.0 Å². The van der Waals surface area contributed by atoms with E-state index in [1.54, 1.807) is 0 Å². The van der Waals surface area contributed by atoms with Crippen molar-refractivity contribution in [3.8, 4) is 0 Å². The second-order valence-corrected chi connectivity index (χ2v) is 3.59. The highest BCUT2D eigenvalue weighted by Crippen LogP contribution is 1.97. The molecule has 1 aromatic rings. The highest BCUT2D eigenvalue weighted by atomic mass is 14.9. The van der Waals surface area contributed by atoms with E-state index in [1.807, 2.05) is 6.08 Å². The highest BCUT2D eigenvalue weighted by molar-refractivity contribution is 5.00. The van der Waals surface area contributed by atoms with E-state index in [2.05, 4.69) is 42.5 Å². The molecule has 0 spiro atoms. The van der Waals surface area contributed by atoms with Crippen LogP contribution in [0, 0.1) is 0 Å². The largest absolute Gasteiger partial charge is 0.202 e. The first kappa shape index (κ1) is 11.0. The quantitative estimate of drug-likeness (QED) is 0.369. The van der Waals surface area contributed by atoms with Gasteiger partial charge in [-0.1, -0.05) is 25.5 Å². The van der Waals surface area contributed by atoms with Crippen molar-refractivity contribution in [2.75, 3.05) is 0 Å². The molecule has 0 amide bonds. The van der Waals surface area contributed by atoms with E-state index in [0.29, 0.717) is 0 Å². The summed E-state index contributed by atoms with van der Waals surface area (Å²) in [6, 6.07) is 6.36. The van der Waals surface area contributed by atoms with Crippen LogP contribution in [0.4, 0.5) is 0 Å². The normalized spacial score (nSPS) is 10.1. The Hall–Kier alpha value is -1.11. The van der Waals surface area contributed by atoms with Crippen molar-refractivity contribution in [3.05, 3.63) is 42.7 Å². The van der Waals surface area contributed by atoms with Crippen LogP contribution in [0.2, 0.25) is 0 Å². The number of nitrogens with zero attached hydrogens (tertiary/aromatic N) is 1. The van der Waals surface area contributed by atoms with Gasteiger partial charge in [-0.3, -0.25) is 0 Å². The van der Waals surface area contributed by atoms with Gasteiger partial charge in [-0.05, 0) is 6.42 Å². The predicted octanol–water partition coefficient (Wildman–Crippen LogP) is 2.89. The number of aryl methyl sites for hydroxylation is 1. The van der Waals surface area contributed by atoms with Gasteiger partial charge in [0.1, 0.15) is 6.54 Å². The summed E-state index contributed by atoms with van der Waals surface area (Å²) in [5.41, 5.74) is 1.36. The van der Waals surface area contributed by atoms with E-state index in [4.69, 9.17) is 0 Å². The lowest BCUT2D eigenvalue weighted by Crippen LogP contribution is -2.37. The van der Waals surface area contributed by atoms with E-state index in [1.165, 1.54) is 25.0 Å². The molecule has 0 aliphatic carbocycles. The van der Waals surface area contributed by atoms with E-state index in [-0.39, 0.29) is 0 Å². The molecule has 0 bridgehead atoms. The number of allylic oxidation sites excluding steroid dienone is 1. The molecule has 1 heteroatoms. The van der Waals surface area contributed by atoms with Crippen molar-refractivity contribution in [2.24, 2.45) is 0 Å². The standard InChI is InChI=1S/C13H20N/c1-3-5-7-11-14-12-8-6-10-13(14)9-4-2/h4,6,8,10,12H,2-3,5,7,9,11H2,1H3/q+1. The number of unbranched alkanes of at least 4 members (excludes halogenated alkanes) is 2. The molecule has 1 heterocycles. The molecule has 14 heavy (non-hydrogen) atoms. The zero-order valence-electron chi connectivity index (χ0n) is 9.08. The summed E-state index contributed by atoms with van der Waals surface area (Å²) in [5.74, 6) is 0. The molecule has 0 radical (unpaired) electrons. The van der Waals surface area contributed by atoms with Crippen LogP contribution in [-0.4, -0.2) is 0 Å². The van der Waals surface area contributed by atoms with Crippen molar-refractivity contribution >= 4 is 0 Å². The lowest BCUT2D eigenvalue weighted by atomic mass is 10.2. The van der Waals surface area contributed by atoms with Gasteiger partial charge in [0.2, 0.25) is 0 Å². The summed E-state index contributed by atoms with van der Waals surface area (Å²) in [7, 11) is 0. The topological polar surface area (TPSA) is 3.88 Å². The summed E-state index contributed by atoms with van der Waals surface area (Å²) in [4.78, 5) is 0. The van der Waals surface area contributed by atoms with Gasteiger partial charge in [0.05, 0.1) is 6.42 Å². The summed E-state index contributed by atoms with van der Waals surface area (Å²) < 4.78 is 2.33. The van der Waals surface area contributed by atoms with Crippen LogP contribution >= 0.6 is 0 Å². The molecular formula is C13H20N+. The third-order valence-corrected chi connectivity index (χ3v) is 2.39. The Morgan fingerprint density at radius 1 is 1.36 bits per heavy atom. The fraction of sp³-hybridized carbons (Fsp3) is 0.462. The average molecular weight is 190 g/mol. The van der Waals surface area contributed by atoms with Crippen LogP contribution < -0.4 is 4.57 Å². The summed E-state index contributed by atoms with van der Waals surface area (Å²) >= 11 is 0. The van der Waals surface area contributed by atoms with Crippen molar-refractivity contribution in [1.82, 2.24) is 0 Å². The molecule has 0 aromatic carbocycles. The second kappa shape index (κ2) is 6.36. The third-order valence-electron chi connectivity index (χ3n) is 2.39. The Morgan fingerprint density at radius 2 is 2.21 bits per heavy atom. The maximum atomic E-state index is 3.78. The van der Waals surface area contributed by atoms with Crippen molar-refractivity contribution in [2.45, 2.75) is 39.2 Å². The molecule has 0 N–H and O–H groups in total. The molecule has 0 saturated carbocycles. The van der Waals surface area contributed by atoms with Crippen LogP contribution in [0.25, 0.3) is 0 Å². The Labute approximate surface area is 87.1 Å². The molecule has 0 fully saturated rings. The lowest BCUT2D eigenvalue weighted by molar-refractivity contribution is -0.704. The molecule has 0 saturated heterocycles. The maximum absolute atomic E-state index is 3.78. The minimum Gasteiger partial charge on any atom is -0.202 e. The fourth-order valence-corrected chi connectivity index (χ4v) is 1.60. The van der Waals surface area contributed by atoms with E-state index >= 15 is 0 Å². The Balaban J connectivity index is 2.59. The summed E-state index contributed by atoms with van der Waals surface area (Å²) in [6.07, 6.45) is 8.96. The van der Waals surface area contributed by atoms with E-state index < -0.39 is 0 Å². The number of rotatable bonds is 6. The molecule has 1 aromatic heterocycles. The minimum atomic E-state index is 0.965. The minimum absolute atomic E-state index is 0.965. The van der Waals surface area contributed by atoms with Gasteiger partial charge in [-0.2, -0.15) is 0 Å². The molecular weight excluding hydrogens is 170 g/mol. The molecule has 0 unspecified atom stereocenters. The van der Waals surface area contributed by atoms with Crippen molar-refractivity contribution in [3.63, 3.8) is 0 Å². The fourth-order valence-electron chi connectivity index (χ4n) is 1.60. The summed E-state index contributed by atoms with van der Waals surface area (Å²) in [6.45, 7) is 7.15.